The van der Waals surface area contributed by atoms with Gasteiger partial charge in [0.1, 0.15) is 0 Å². The van der Waals surface area contributed by atoms with E-state index in [0.717, 1.165) is 19.4 Å². The number of H-pyrrole nitrogens is 1. The van der Waals surface area contributed by atoms with E-state index in [-0.39, 0.29) is 17.6 Å². The summed E-state index contributed by atoms with van der Waals surface area (Å²) in [4.78, 5) is 28.2. The van der Waals surface area contributed by atoms with Gasteiger partial charge in [-0.2, -0.15) is 0 Å². The SMILES string of the molecule is CCOCCCn1c(=S)[nH]c2cc(C(=O)NCC3CCCO3)ccc2c1=O. The number of rotatable bonds is 8. The molecule has 2 N–H and O–H groups in total. The predicted octanol–water partition coefficient (Wildman–Crippen LogP) is 2.39. The first-order chi connectivity index (χ1) is 13.1. The number of hydrogen-bond donors (Lipinski definition) is 2. The van der Waals surface area contributed by atoms with E-state index in [0.29, 0.717) is 54.0 Å². The third kappa shape index (κ3) is 4.82. The Kier molecular flexibility index (Phi) is 6.76. The summed E-state index contributed by atoms with van der Waals surface area (Å²) in [5.74, 6) is -0.187. The van der Waals surface area contributed by atoms with Gasteiger partial charge >= 0.3 is 0 Å². The van der Waals surface area contributed by atoms with E-state index in [1.54, 1.807) is 18.2 Å². The number of hydrogen-bond acceptors (Lipinski definition) is 5. The van der Waals surface area contributed by atoms with Crippen molar-refractivity contribution in [3.8, 4) is 0 Å². The molecular formula is C19H25N3O4S. The number of nitrogens with zero attached hydrogens (tertiary/aromatic N) is 1. The van der Waals surface area contributed by atoms with Crippen LogP contribution in [0.15, 0.2) is 23.0 Å². The van der Waals surface area contributed by atoms with Crippen LogP contribution in [0.5, 0.6) is 0 Å². The molecule has 0 saturated carbocycles. The zero-order valence-electron chi connectivity index (χ0n) is 15.5. The van der Waals surface area contributed by atoms with E-state index in [2.05, 4.69) is 10.3 Å². The number of nitrogens with one attached hydrogen (secondary N) is 2. The quantitative estimate of drug-likeness (QED) is 0.533. The summed E-state index contributed by atoms with van der Waals surface area (Å²) >= 11 is 5.33. The van der Waals surface area contributed by atoms with Crippen LogP contribution in [0.3, 0.4) is 0 Å². The average molecular weight is 391 g/mol. The molecular weight excluding hydrogens is 366 g/mol. The molecule has 2 heterocycles. The first-order valence-electron chi connectivity index (χ1n) is 9.34. The fourth-order valence-corrected chi connectivity index (χ4v) is 3.47. The van der Waals surface area contributed by atoms with Crippen LogP contribution in [-0.2, 0) is 16.0 Å². The molecule has 1 aliphatic heterocycles. The third-order valence-electron chi connectivity index (χ3n) is 4.63. The standard InChI is InChI=1S/C19H25N3O4S/c1-2-25-9-4-8-22-18(24)15-7-6-13(11-16(15)21-19(22)27)17(23)20-12-14-5-3-10-26-14/h6-7,11,14H,2-5,8-10,12H2,1H3,(H,20,23)(H,21,27). The zero-order valence-corrected chi connectivity index (χ0v) is 16.3. The number of amides is 1. The van der Waals surface area contributed by atoms with Crippen molar-refractivity contribution in [2.75, 3.05) is 26.4 Å². The molecule has 146 valence electrons. The van der Waals surface area contributed by atoms with E-state index in [1.165, 1.54) is 4.57 Å². The molecule has 8 heteroatoms. The minimum absolute atomic E-state index is 0.0871. The van der Waals surface area contributed by atoms with E-state index < -0.39 is 0 Å². The molecule has 0 spiro atoms. The van der Waals surface area contributed by atoms with Crippen molar-refractivity contribution in [3.05, 3.63) is 38.9 Å². The van der Waals surface area contributed by atoms with Gasteiger partial charge in [-0.25, -0.2) is 0 Å². The molecule has 1 saturated heterocycles. The van der Waals surface area contributed by atoms with Gasteiger partial charge in [0.05, 0.1) is 17.0 Å². The molecule has 0 radical (unpaired) electrons. The molecule has 1 aromatic carbocycles. The molecule has 1 amide bonds. The van der Waals surface area contributed by atoms with Gasteiger partial charge in [-0.15, -0.1) is 0 Å². The van der Waals surface area contributed by atoms with Crippen LogP contribution >= 0.6 is 12.2 Å². The van der Waals surface area contributed by atoms with E-state index in [1.807, 2.05) is 6.92 Å². The maximum absolute atomic E-state index is 12.7. The van der Waals surface area contributed by atoms with Gasteiger partial charge in [0.15, 0.2) is 4.77 Å². The fourth-order valence-electron chi connectivity index (χ4n) is 3.18. The highest BCUT2D eigenvalue weighted by atomic mass is 32.1. The monoisotopic (exact) mass is 391 g/mol. The zero-order chi connectivity index (χ0) is 19.2. The number of ether oxygens (including phenoxy) is 2. The normalized spacial score (nSPS) is 16.7. The highest BCUT2D eigenvalue weighted by Crippen LogP contribution is 2.13. The molecule has 0 aliphatic carbocycles. The number of benzene rings is 1. The van der Waals surface area contributed by atoms with Crippen molar-refractivity contribution in [2.45, 2.75) is 38.8 Å². The molecule has 1 aromatic heterocycles. The van der Waals surface area contributed by atoms with Gasteiger partial charge in [0.2, 0.25) is 0 Å². The second-order valence-electron chi connectivity index (χ2n) is 6.54. The average Bonchev–Trinajstić information content (AvgIpc) is 3.18. The van der Waals surface area contributed by atoms with Crippen LogP contribution in [0.1, 0.15) is 36.5 Å². The Morgan fingerprint density at radius 3 is 3.07 bits per heavy atom. The minimum Gasteiger partial charge on any atom is -0.382 e. The Morgan fingerprint density at radius 1 is 1.48 bits per heavy atom. The number of aromatic amines is 1. The second kappa shape index (κ2) is 9.25. The number of aromatic nitrogens is 2. The summed E-state index contributed by atoms with van der Waals surface area (Å²) in [5.41, 5.74) is 0.895. The first-order valence-corrected chi connectivity index (χ1v) is 9.75. The van der Waals surface area contributed by atoms with Crippen LogP contribution in [0, 0.1) is 4.77 Å². The lowest BCUT2D eigenvalue weighted by Crippen LogP contribution is -2.31. The smallest absolute Gasteiger partial charge is 0.262 e. The van der Waals surface area contributed by atoms with Gasteiger partial charge in [-0.05, 0) is 56.6 Å². The Balaban J connectivity index is 1.76. The maximum Gasteiger partial charge on any atom is 0.262 e. The lowest BCUT2D eigenvalue weighted by Gasteiger charge is -2.12. The van der Waals surface area contributed by atoms with Crippen LogP contribution in [0.4, 0.5) is 0 Å². The molecule has 1 aliphatic rings. The topological polar surface area (TPSA) is 85.3 Å². The van der Waals surface area contributed by atoms with Crippen molar-refractivity contribution in [1.29, 1.82) is 0 Å². The van der Waals surface area contributed by atoms with E-state index >= 15 is 0 Å². The van der Waals surface area contributed by atoms with Gasteiger partial charge in [-0.1, -0.05) is 0 Å². The first kappa shape index (κ1) is 19.7. The van der Waals surface area contributed by atoms with Crippen LogP contribution in [0.2, 0.25) is 0 Å². The molecule has 1 unspecified atom stereocenters. The molecule has 2 aromatic rings. The van der Waals surface area contributed by atoms with Crippen LogP contribution < -0.4 is 10.9 Å². The van der Waals surface area contributed by atoms with Crippen molar-refractivity contribution < 1.29 is 14.3 Å². The van der Waals surface area contributed by atoms with Crippen LogP contribution in [0.25, 0.3) is 10.9 Å². The predicted molar refractivity (Wildman–Crippen MR) is 106 cm³/mol. The summed E-state index contributed by atoms with van der Waals surface area (Å²) in [6, 6.07) is 5.00. The Labute approximate surface area is 162 Å². The number of carbonyl (C=O) groups excluding carboxylic acids is 1. The summed E-state index contributed by atoms with van der Waals surface area (Å²) in [5, 5.41) is 3.39. The Morgan fingerprint density at radius 2 is 2.33 bits per heavy atom. The minimum atomic E-state index is -0.187. The van der Waals surface area contributed by atoms with Crippen molar-refractivity contribution >= 4 is 29.0 Å². The number of fused-ring (bicyclic) bond motifs is 1. The third-order valence-corrected chi connectivity index (χ3v) is 4.96. The molecule has 7 nitrogen and oxygen atoms in total. The summed E-state index contributed by atoms with van der Waals surface area (Å²) in [6.45, 7) is 4.91. The molecule has 1 fully saturated rings. The summed E-state index contributed by atoms with van der Waals surface area (Å²) in [7, 11) is 0. The number of carbonyl (C=O) groups is 1. The molecule has 27 heavy (non-hydrogen) atoms. The Bertz CT molecular complexity index is 915. The largest absolute Gasteiger partial charge is 0.382 e. The van der Waals surface area contributed by atoms with Crippen molar-refractivity contribution in [2.24, 2.45) is 0 Å². The molecule has 1 atom stereocenters. The van der Waals surface area contributed by atoms with Crippen molar-refractivity contribution in [3.63, 3.8) is 0 Å². The maximum atomic E-state index is 12.7. The van der Waals surface area contributed by atoms with Crippen molar-refractivity contribution in [1.82, 2.24) is 14.9 Å². The fraction of sp³-hybridized carbons (Fsp3) is 0.526. The highest BCUT2D eigenvalue weighted by molar-refractivity contribution is 7.71. The highest BCUT2D eigenvalue weighted by Gasteiger charge is 2.17. The molecule has 3 rings (SSSR count). The second-order valence-corrected chi connectivity index (χ2v) is 6.93. The van der Waals surface area contributed by atoms with Crippen LogP contribution in [-0.4, -0.2) is 47.9 Å². The van der Waals surface area contributed by atoms with Gasteiger partial charge in [0, 0.05) is 38.5 Å². The summed E-state index contributed by atoms with van der Waals surface area (Å²) < 4.78 is 12.7. The van der Waals surface area contributed by atoms with Gasteiger partial charge in [-0.3, -0.25) is 14.2 Å². The van der Waals surface area contributed by atoms with Gasteiger partial charge < -0.3 is 19.8 Å². The molecule has 0 bridgehead atoms. The lowest BCUT2D eigenvalue weighted by molar-refractivity contribution is 0.0858. The summed E-state index contributed by atoms with van der Waals surface area (Å²) in [6.07, 6.45) is 2.79. The lowest BCUT2D eigenvalue weighted by atomic mass is 10.1. The van der Waals surface area contributed by atoms with E-state index in [4.69, 9.17) is 21.7 Å². The van der Waals surface area contributed by atoms with E-state index in [9.17, 15) is 9.59 Å². The van der Waals surface area contributed by atoms with Gasteiger partial charge in [0.25, 0.3) is 11.5 Å². The Hall–Kier alpha value is -2.03.